The number of halogens is 1. The number of hydrogen-bond donors (Lipinski definition) is 2. The van der Waals surface area contributed by atoms with E-state index in [1.165, 1.54) is 5.56 Å². The van der Waals surface area contributed by atoms with Crippen LogP contribution in [0.4, 0.5) is 0 Å². The Hall–Kier alpha value is 0.0600. The molecule has 0 bridgehead atoms. The molecule has 0 radical (unpaired) electrons. The maximum Gasteiger partial charge on any atom is 0.0543 e. The molecule has 3 nitrogen and oxygen atoms in total. The summed E-state index contributed by atoms with van der Waals surface area (Å²) in [6, 6.07) is 0.197. The van der Waals surface area contributed by atoms with Gasteiger partial charge >= 0.3 is 0 Å². The molecule has 2 unspecified atom stereocenters. The van der Waals surface area contributed by atoms with Crippen molar-refractivity contribution in [2.75, 3.05) is 7.11 Å². The molecule has 1 heterocycles. The van der Waals surface area contributed by atoms with E-state index in [0.717, 1.165) is 17.3 Å². The first-order chi connectivity index (χ1) is 7.19. The SMILES string of the molecule is COC(C)CCC(NN)c1cscc1Br. The lowest BCUT2D eigenvalue weighted by Gasteiger charge is -2.17. The maximum absolute atomic E-state index is 5.55. The summed E-state index contributed by atoms with van der Waals surface area (Å²) >= 11 is 5.19. The fourth-order valence-corrected chi connectivity index (χ4v) is 3.02. The molecule has 5 heteroatoms. The lowest BCUT2D eigenvalue weighted by atomic mass is 10.0. The minimum Gasteiger partial charge on any atom is -0.382 e. The summed E-state index contributed by atoms with van der Waals surface area (Å²) in [7, 11) is 1.73. The van der Waals surface area contributed by atoms with Gasteiger partial charge in [0.1, 0.15) is 0 Å². The first-order valence-corrected chi connectivity index (χ1v) is 6.63. The largest absolute Gasteiger partial charge is 0.382 e. The predicted octanol–water partition coefficient (Wildman–Crippen LogP) is 2.83. The number of hydrazine groups is 1. The first-order valence-electron chi connectivity index (χ1n) is 4.89. The van der Waals surface area contributed by atoms with Crippen molar-refractivity contribution in [2.45, 2.75) is 31.9 Å². The summed E-state index contributed by atoms with van der Waals surface area (Å²) in [6.07, 6.45) is 2.24. The van der Waals surface area contributed by atoms with Gasteiger partial charge in [-0.1, -0.05) is 0 Å². The number of methoxy groups -OCH3 is 1. The molecule has 0 aliphatic heterocycles. The molecule has 2 atom stereocenters. The molecule has 0 saturated carbocycles. The van der Waals surface area contributed by atoms with Crippen molar-refractivity contribution >= 4 is 27.3 Å². The standard InChI is InChI=1S/C10H17BrN2OS/c1-7(14-2)3-4-10(13-12)8-5-15-6-9(8)11/h5-7,10,13H,3-4,12H2,1-2H3. The second kappa shape index (κ2) is 6.60. The van der Waals surface area contributed by atoms with E-state index in [9.17, 15) is 0 Å². The van der Waals surface area contributed by atoms with Crippen molar-refractivity contribution < 1.29 is 4.74 Å². The molecule has 0 aliphatic rings. The Morgan fingerprint density at radius 3 is 2.73 bits per heavy atom. The fourth-order valence-electron chi connectivity index (χ4n) is 1.39. The summed E-state index contributed by atoms with van der Waals surface area (Å²) in [5, 5.41) is 4.19. The zero-order chi connectivity index (χ0) is 11.3. The van der Waals surface area contributed by atoms with Crippen LogP contribution in [-0.4, -0.2) is 13.2 Å². The molecule has 0 aromatic carbocycles. The topological polar surface area (TPSA) is 47.3 Å². The van der Waals surface area contributed by atoms with Gasteiger partial charge in [0.2, 0.25) is 0 Å². The van der Waals surface area contributed by atoms with Crippen LogP contribution in [-0.2, 0) is 4.74 Å². The van der Waals surface area contributed by atoms with E-state index in [1.807, 2.05) is 0 Å². The highest BCUT2D eigenvalue weighted by atomic mass is 79.9. The van der Waals surface area contributed by atoms with Gasteiger partial charge in [0.15, 0.2) is 0 Å². The molecular weight excluding hydrogens is 276 g/mol. The number of thiophene rings is 1. The van der Waals surface area contributed by atoms with Gasteiger partial charge < -0.3 is 4.74 Å². The summed E-state index contributed by atoms with van der Waals surface area (Å²) in [4.78, 5) is 0. The molecule has 86 valence electrons. The van der Waals surface area contributed by atoms with E-state index < -0.39 is 0 Å². The molecule has 1 rings (SSSR count). The third kappa shape index (κ3) is 3.85. The Morgan fingerprint density at radius 2 is 2.27 bits per heavy atom. The van der Waals surface area contributed by atoms with Gasteiger partial charge in [-0.2, -0.15) is 11.3 Å². The van der Waals surface area contributed by atoms with E-state index in [4.69, 9.17) is 10.6 Å². The number of nitrogens with one attached hydrogen (secondary N) is 1. The van der Waals surface area contributed by atoms with Crippen LogP contribution in [0.15, 0.2) is 15.2 Å². The molecule has 1 aromatic heterocycles. The Kier molecular flexibility index (Phi) is 5.78. The van der Waals surface area contributed by atoms with Crippen LogP contribution >= 0.6 is 27.3 Å². The van der Waals surface area contributed by atoms with E-state index in [1.54, 1.807) is 18.4 Å². The lowest BCUT2D eigenvalue weighted by molar-refractivity contribution is 0.106. The Morgan fingerprint density at radius 1 is 1.53 bits per heavy atom. The quantitative estimate of drug-likeness (QED) is 0.626. The molecule has 3 N–H and O–H groups in total. The van der Waals surface area contributed by atoms with Crippen LogP contribution in [0.5, 0.6) is 0 Å². The van der Waals surface area contributed by atoms with Crippen LogP contribution in [0.25, 0.3) is 0 Å². The average Bonchev–Trinajstić information content (AvgIpc) is 2.65. The zero-order valence-electron chi connectivity index (χ0n) is 9.00. The molecule has 15 heavy (non-hydrogen) atoms. The van der Waals surface area contributed by atoms with Crippen LogP contribution in [0.3, 0.4) is 0 Å². The average molecular weight is 293 g/mol. The lowest BCUT2D eigenvalue weighted by Crippen LogP contribution is -2.28. The van der Waals surface area contributed by atoms with Gasteiger partial charge in [-0.3, -0.25) is 11.3 Å². The Labute approximate surface area is 103 Å². The second-order valence-corrected chi connectivity index (χ2v) is 5.12. The monoisotopic (exact) mass is 292 g/mol. The molecule has 0 spiro atoms. The highest BCUT2D eigenvalue weighted by Gasteiger charge is 2.14. The number of nitrogens with two attached hydrogens (primary N) is 1. The summed E-state index contributed by atoms with van der Waals surface area (Å²) in [5.74, 6) is 5.55. The van der Waals surface area contributed by atoms with Crippen molar-refractivity contribution in [3.63, 3.8) is 0 Å². The van der Waals surface area contributed by atoms with Crippen molar-refractivity contribution in [1.29, 1.82) is 0 Å². The van der Waals surface area contributed by atoms with Crippen molar-refractivity contribution in [1.82, 2.24) is 5.43 Å². The van der Waals surface area contributed by atoms with Gasteiger partial charge in [0.25, 0.3) is 0 Å². The number of ether oxygens (including phenoxy) is 1. The smallest absolute Gasteiger partial charge is 0.0543 e. The third-order valence-electron chi connectivity index (χ3n) is 2.48. The van der Waals surface area contributed by atoms with Crippen molar-refractivity contribution in [3.05, 3.63) is 20.8 Å². The van der Waals surface area contributed by atoms with E-state index in [2.05, 4.69) is 39.0 Å². The van der Waals surface area contributed by atoms with Crippen LogP contribution < -0.4 is 11.3 Å². The zero-order valence-corrected chi connectivity index (χ0v) is 11.4. The highest BCUT2D eigenvalue weighted by molar-refractivity contribution is 9.10. The van der Waals surface area contributed by atoms with E-state index in [0.29, 0.717) is 0 Å². The van der Waals surface area contributed by atoms with Crippen molar-refractivity contribution in [2.24, 2.45) is 5.84 Å². The minimum absolute atomic E-state index is 0.197. The predicted molar refractivity (Wildman–Crippen MR) is 67.8 cm³/mol. The molecule has 0 saturated heterocycles. The van der Waals surface area contributed by atoms with Gasteiger partial charge in [0, 0.05) is 23.0 Å². The van der Waals surface area contributed by atoms with E-state index in [-0.39, 0.29) is 12.1 Å². The van der Waals surface area contributed by atoms with Crippen LogP contribution in [0.1, 0.15) is 31.4 Å². The van der Waals surface area contributed by atoms with Crippen LogP contribution in [0, 0.1) is 0 Å². The summed E-state index contributed by atoms with van der Waals surface area (Å²) < 4.78 is 6.34. The molecule has 0 fully saturated rings. The number of hydrogen-bond acceptors (Lipinski definition) is 4. The summed E-state index contributed by atoms with van der Waals surface area (Å²) in [6.45, 7) is 2.07. The molecule has 0 aliphatic carbocycles. The van der Waals surface area contributed by atoms with E-state index >= 15 is 0 Å². The molecule has 1 aromatic rings. The minimum atomic E-state index is 0.197. The fraction of sp³-hybridized carbons (Fsp3) is 0.600. The summed E-state index contributed by atoms with van der Waals surface area (Å²) in [5.41, 5.74) is 4.07. The van der Waals surface area contributed by atoms with Crippen LogP contribution in [0.2, 0.25) is 0 Å². The Balaban J connectivity index is 2.53. The second-order valence-electron chi connectivity index (χ2n) is 3.52. The van der Waals surface area contributed by atoms with Gasteiger partial charge in [-0.05, 0) is 46.6 Å². The Bertz CT molecular complexity index is 293. The molecular formula is C10H17BrN2OS. The van der Waals surface area contributed by atoms with Gasteiger partial charge in [-0.25, -0.2) is 0 Å². The van der Waals surface area contributed by atoms with Gasteiger partial charge in [0.05, 0.1) is 6.10 Å². The third-order valence-corrected chi connectivity index (χ3v) is 4.23. The highest BCUT2D eigenvalue weighted by Crippen LogP contribution is 2.29. The van der Waals surface area contributed by atoms with Crippen molar-refractivity contribution in [3.8, 4) is 0 Å². The first kappa shape index (κ1) is 13.1. The normalized spacial score (nSPS) is 15.2. The molecule has 0 amide bonds. The maximum atomic E-state index is 5.55. The number of rotatable bonds is 6. The van der Waals surface area contributed by atoms with Gasteiger partial charge in [-0.15, -0.1) is 0 Å².